The number of esters is 1. The molecule has 1 saturated carbocycles. The molecule has 3 amide bonds. The van der Waals surface area contributed by atoms with Crippen LogP contribution in [0, 0.1) is 0 Å². The van der Waals surface area contributed by atoms with E-state index in [0.717, 1.165) is 17.7 Å². The molecule has 23 heavy (non-hydrogen) atoms. The van der Waals surface area contributed by atoms with Crippen molar-refractivity contribution >= 4 is 41.1 Å². The number of carbonyl (C=O) groups is 3. The molecule has 2 aliphatic rings. The highest BCUT2D eigenvalue weighted by atomic mass is 35.5. The molecule has 0 unspecified atom stereocenters. The van der Waals surface area contributed by atoms with Crippen LogP contribution in [0.15, 0.2) is 18.2 Å². The Morgan fingerprint density at radius 3 is 2.57 bits per heavy atom. The SMILES string of the molecule is O=C(CN1C(=O)NC2(CCCC2)C1=O)Oc1ccc(Cl)c(Cl)c1. The molecule has 1 aliphatic heterocycles. The van der Waals surface area contributed by atoms with Crippen molar-refractivity contribution in [1.82, 2.24) is 10.2 Å². The Bertz CT molecular complexity index is 686. The third kappa shape index (κ3) is 3.01. The Morgan fingerprint density at radius 2 is 1.91 bits per heavy atom. The molecule has 1 saturated heterocycles. The number of nitrogens with one attached hydrogen (secondary N) is 1. The summed E-state index contributed by atoms with van der Waals surface area (Å²) in [7, 11) is 0. The molecule has 1 aromatic rings. The number of carbonyl (C=O) groups excluding carboxylic acids is 3. The van der Waals surface area contributed by atoms with E-state index in [0.29, 0.717) is 17.9 Å². The highest BCUT2D eigenvalue weighted by Gasteiger charge is 2.52. The monoisotopic (exact) mass is 356 g/mol. The Morgan fingerprint density at radius 1 is 1.22 bits per heavy atom. The summed E-state index contributed by atoms with van der Waals surface area (Å²) < 4.78 is 5.10. The van der Waals surface area contributed by atoms with E-state index in [1.165, 1.54) is 18.2 Å². The normalized spacial score (nSPS) is 19.3. The summed E-state index contributed by atoms with van der Waals surface area (Å²) >= 11 is 11.6. The van der Waals surface area contributed by atoms with Crippen molar-refractivity contribution in [3.8, 4) is 5.75 Å². The van der Waals surface area contributed by atoms with Gasteiger partial charge in [-0.05, 0) is 25.0 Å². The van der Waals surface area contributed by atoms with Crippen molar-refractivity contribution in [2.45, 2.75) is 31.2 Å². The molecule has 2 fully saturated rings. The smallest absolute Gasteiger partial charge is 0.331 e. The summed E-state index contributed by atoms with van der Waals surface area (Å²) in [6.07, 6.45) is 2.98. The van der Waals surface area contributed by atoms with Gasteiger partial charge in [-0.2, -0.15) is 0 Å². The number of halogens is 2. The lowest BCUT2D eigenvalue weighted by molar-refractivity contribution is -0.140. The van der Waals surface area contributed by atoms with Crippen LogP contribution in [0.5, 0.6) is 5.75 Å². The largest absolute Gasteiger partial charge is 0.425 e. The predicted octanol–water partition coefficient (Wildman–Crippen LogP) is 2.76. The Hall–Kier alpha value is -1.79. The third-order valence-corrected chi connectivity index (χ3v) is 4.85. The van der Waals surface area contributed by atoms with Crippen molar-refractivity contribution in [3.05, 3.63) is 28.2 Å². The fourth-order valence-corrected chi connectivity index (χ4v) is 3.26. The van der Waals surface area contributed by atoms with Crippen LogP contribution in [0.1, 0.15) is 25.7 Å². The standard InChI is InChI=1S/C15H14Cl2N2O4/c16-10-4-3-9(7-11(10)17)23-12(20)8-19-13(21)15(18-14(19)22)5-1-2-6-15/h3-4,7H,1-2,5-6,8H2,(H,18,22). The van der Waals surface area contributed by atoms with Gasteiger partial charge in [0.2, 0.25) is 0 Å². The third-order valence-electron chi connectivity index (χ3n) is 4.11. The lowest BCUT2D eigenvalue weighted by Crippen LogP contribution is -2.44. The Balaban J connectivity index is 1.66. The van der Waals surface area contributed by atoms with Gasteiger partial charge in [0, 0.05) is 6.07 Å². The summed E-state index contributed by atoms with van der Waals surface area (Å²) in [5.41, 5.74) is -0.832. The van der Waals surface area contributed by atoms with Crippen molar-refractivity contribution < 1.29 is 19.1 Å². The summed E-state index contributed by atoms with van der Waals surface area (Å²) in [5, 5.41) is 3.29. The van der Waals surface area contributed by atoms with Gasteiger partial charge in [0.25, 0.3) is 5.91 Å². The van der Waals surface area contributed by atoms with E-state index in [-0.39, 0.29) is 16.7 Å². The summed E-state index contributed by atoms with van der Waals surface area (Å²) in [6.45, 7) is -0.438. The van der Waals surface area contributed by atoms with Crippen LogP contribution in [0.4, 0.5) is 4.79 Å². The number of ether oxygens (including phenoxy) is 1. The summed E-state index contributed by atoms with van der Waals surface area (Å²) in [6, 6.07) is 3.82. The predicted molar refractivity (Wildman–Crippen MR) is 83.5 cm³/mol. The number of benzene rings is 1. The van der Waals surface area contributed by atoms with E-state index >= 15 is 0 Å². The maximum Gasteiger partial charge on any atom is 0.331 e. The van der Waals surface area contributed by atoms with Gasteiger partial charge in [-0.1, -0.05) is 36.0 Å². The first-order valence-corrected chi connectivity index (χ1v) is 7.97. The maximum absolute atomic E-state index is 12.4. The minimum atomic E-state index is -0.832. The fourth-order valence-electron chi connectivity index (χ4n) is 2.97. The van der Waals surface area contributed by atoms with Crippen LogP contribution in [-0.4, -0.2) is 34.9 Å². The Labute approximate surface area is 142 Å². The second kappa shape index (κ2) is 6.02. The lowest BCUT2D eigenvalue weighted by atomic mass is 9.98. The van der Waals surface area contributed by atoms with Crippen LogP contribution < -0.4 is 10.1 Å². The summed E-state index contributed by atoms with van der Waals surface area (Å²) in [5.74, 6) is -0.875. The highest BCUT2D eigenvalue weighted by molar-refractivity contribution is 6.42. The molecular formula is C15H14Cl2N2O4. The maximum atomic E-state index is 12.4. The molecule has 0 radical (unpaired) electrons. The van der Waals surface area contributed by atoms with Gasteiger partial charge in [0.1, 0.15) is 17.8 Å². The molecule has 0 atom stereocenters. The van der Waals surface area contributed by atoms with E-state index in [9.17, 15) is 14.4 Å². The zero-order valence-electron chi connectivity index (χ0n) is 12.1. The number of urea groups is 1. The lowest BCUT2D eigenvalue weighted by Gasteiger charge is -2.19. The van der Waals surface area contributed by atoms with E-state index in [1.807, 2.05) is 0 Å². The summed E-state index contributed by atoms with van der Waals surface area (Å²) in [4.78, 5) is 37.3. The van der Waals surface area contributed by atoms with Gasteiger partial charge in [0.15, 0.2) is 0 Å². The van der Waals surface area contributed by atoms with Crippen molar-refractivity contribution in [1.29, 1.82) is 0 Å². The number of hydrogen-bond acceptors (Lipinski definition) is 4. The van der Waals surface area contributed by atoms with Gasteiger partial charge in [-0.25, -0.2) is 9.59 Å². The quantitative estimate of drug-likeness (QED) is 0.513. The molecule has 1 heterocycles. The first-order chi connectivity index (χ1) is 10.9. The fraction of sp³-hybridized carbons (Fsp3) is 0.400. The van der Waals surface area contributed by atoms with Gasteiger partial charge in [-0.3, -0.25) is 9.69 Å². The van der Waals surface area contributed by atoms with Crippen LogP contribution in [0.3, 0.4) is 0 Å². The van der Waals surface area contributed by atoms with Crippen LogP contribution in [-0.2, 0) is 9.59 Å². The van der Waals surface area contributed by atoms with Crippen LogP contribution in [0.25, 0.3) is 0 Å². The van der Waals surface area contributed by atoms with Gasteiger partial charge < -0.3 is 10.1 Å². The molecule has 8 heteroatoms. The zero-order valence-corrected chi connectivity index (χ0v) is 13.6. The number of rotatable bonds is 3. The van der Waals surface area contributed by atoms with Gasteiger partial charge in [0.05, 0.1) is 10.0 Å². The highest BCUT2D eigenvalue weighted by Crippen LogP contribution is 2.35. The molecule has 1 spiro atoms. The van der Waals surface area contributed by atoms with E-state index in [2.05, 4.69) is 5.32 Å². The molecule has 0 aromatic heterocycles. The number of nitrogens with zero attached hydrogens (tertiary/aromatic N) is 1. The van der Waals surface area contributed by atoms with Crippen molar-refractivity contribution in [2.24, 2.45) is 0 Å². The number of amides is 3. The van der Waals surface area contributed by atoms with Gasteiger partial charge >= 0.3 is 12.0 Å². The average Bonchev–Trinajstić information content (AvgIpc) is 3.05. The van der Waals surface area contributed by atoms with Crippen LogP contribution >= 0.6 is 23.2 Å². The molecule has 3 rings (SSSR count). The van der Waals surface area contributed by atoms with Crippen molar-refractivity contribution in [3.63, 3.8) is 0 Å². The first-order valence-electron chi connectivity index (χ1n) is 7.21. The number of hydrogen-bond donors (Lipinski definition) is 1. The average molecular weight is 357 g/mol. The molecule has 1 N–H and O–H groups in total. The number of imide groups is 1. The topological polar surface area (TPSA) is 75.7 Å². The minimum absolute atomic E-state index is 0.201. The van der Waals surface area contributed by atoms with E-state index in [4.69, 9.17) is 27.9 Å². The minimum Gasteiger partial charge on any atom is -0.425 e. The van der Waals surface area contributed by atoms with Gasteiger partial charge in [-0.15, -0.1) is 0 Å². The molecule has 1 aliphatic carbocycles. The van der Waals surface area contributed by atoms with Crippen LogP contribution in [0.2, 0.25) is 10.0 Å². The van der Waals surface area contributed by atoms with E-state index < -0.39 is 24.1 Å². The molecule has 1 aromatic carbocycles. The zero-order chi connectivity index (χ0) is 16.6. The van der Waals surface area contributed by atoms with E-state index in [1.54, 1.807) is 0 Å². The molecule has 122 valence electrons. The molecule has 0 bridgehead atoms. The van der Waals surface area contributed by atoms with Crippen molar-refractivity contribution in [2.75, 3.05) is 6.54 Å². The first kappa shape index (κ1) is 16.1. The molecular weight excluding hydrogens is 343 g/mol. The Kier molecular flexibility index (Phi) is 4.21. The second-order valence-electron chi connectivity index (χ2n) is 5.66. The second-order valence-corrected chi connectivity index (χ2v) is 6.48. The molecule has 6 nitrogen and oxygen atoms in total.